The standard InChI is InChI=1S/C12H24N2O/c1-3-5-8-14(4-2)12(15)10-13-9-11-6-7-11/h11,13H,3-10H2,1-2H3. The topological polar surface area (TPSA) is 32.3 Å². The van der Waals surface area contributed by atoms with Gasteiger partial charge in [0.1, 0.15) is 0 Å². The molecule has 3 heteroatoms. The van der Waals surface area contributed by atoms with E-state index in [1.807, 2.05) is 4.90 Å². The molecule has 0 aromatic heterocycles. The molecule has 88 valence electrons. The predicted molar refractivity (Wildman–Crippen MR) is 62.8 cm³/mol. The average Bonchev–Trinajstić information content (AvgIpc) is 3.03. The second kappa shape index (κ2) is 6.83. The van der Waals surface area contributed by atoms with Crippen LogP contribution in [-0.4, -0.2) is 37.0 Å². The molecule has 0 radical (unpaired) electrons. The smallest absolute Gasteiger partial charge is 0.236 e. The molecule has 0 aliphatic heterocycles. The largest absolute Gasteiger partial charge is 0.342 e. The van der Waals surface area contributed by atoms with Crippen molar-refractivity contribution in [3.63, 3.8) is 0 Å². The van der Waals surface area contributed by atoms with Crippen molar-refractivity contribution in [3.8, 4) is 0 Å². The molecule has 1 aliphatic carbocycles. The Balaban J connectivity index is 2.10. The fourth-order valence-electron chi connectivity index (χ4n) is 1.63. The molecule has 0 unspecified atom stereocenters. The molecule has 0 bridgehead atoms. The normalized spacial score (nSPS) is 15.3. The van der Waals surface area contributed by atoms with Crippen molar-refractivity contribution in [1.29, 1.82) is 0 Å². The van der Waals surface area contributed by atoms with E-state index in [1.165, 1.54) is 12.8 Å². The Hall–Kier alpha value is -0.570. The van der Waals surface area contributed by atoms with Crippen LogP contribution in [0.25, 0.3) is 0 Å². The van der Waals surface area contributed by atoms with Gasteiger partial charge < -0.3 is 10.2 Å². The molecular formula is C12H24N2O. The Morgan fingerprint density at radius 1 is 1.40 bits per heavy atom. The van der Waals surface area contributed by atoms with Crippen molar-refractivity contribution in [2.45, 2.75) is 39.5 Å². The number of nitrogens with one attached hydrogen (secondary N) is 1. The van der Waals surface area contributed by atoms with Crippen molar-refractivity contribution >= 4 is 5.91 Å². The van der Waals surface area contributed by atoms with E-state index < -0.39 is 0 Å². The lowest BCUT2D eigenvalue weighted by Crippen LogP contribution is -2.39. The van der Waals surface area contributed by atoms with Crippen LogP contribution in [0.5, 0.6) is 0 Å². The summed E-state index contributed by atoms with van der Waals surface area (Å²) in [5.41, 5.74) is 0. The minimum atomic E-state index is 0.256. The number of hydrogen-bond donors (Lipinski definition) is 1. The van der Waals surface area contributed by atoms with Crippen molar-refractivity contribution in [2.75, 3.05) is 26.2 Å². The third-order valence-corrected chi connectivity index (χ3v) is 2.92. The molecule has 0 aromatic rings. The lowest BCUT2D eigenvalue weighted by molar-refractivity contribution is -0.130. The van der Waals surface area contributed by atoms with E-state index >= 15 is 0 Å². The van der Waals surface area contributed by atoms with Gasteiger partial charge in [0, 0.05) is 13.1 Å². The van der Waals surface area contributed by atoms with Gasteiger partial charge in [-0.2, -0.15) is 0 Å². The van der Waals surface area contributed by atoms with Crippen molar-refractivity contribution in [1.82, 2.24) is 10.2 Å². The van der Waals surface area contributed by atoms with Gasteiger partial charge in [-0.25, -0.2) is 0 Å². The van der Waals surface area contributed by atoms with E-state index in [2.05, 4.69) is 19.2 Å². The number of rotatable bonds is 8. The summed E-state index contributed by atoms with van der Waals surface area (Å²) < 4.78 is 0. The Labute approximate surface area is 93.2 Å². The zero-order valence-electron chi connectivity index (χ0n) is 10.1. The number of carbonyl (C=O) groups excluding carboxylic acids is 1. The summed E-state index contributed by atoms with van der Waals surface area (Å²) in [6, 6.07) is 0. The molecule has 1 amide bonds. The number of nitrogens with zero attached hydrogens (tertiary/aromatic N) is 1. The summed E-state index contributed by atoms with van der Waals surface area (Å²) in [4.78, 5) is 13.7. The molecule has 15 heavy (non-hydrogen) atoms. The van der Waals surface area contributed by atoms with Crippen LogP contribution in [0.15, 0.2) is 0 Å². The van der Waals surface area contributed by atoms with Gasteiger partial charge in [-0.1, -0.05) is 13.3 Å². The highest BCUT2D eigenvalue weighted by atomic mass is 16.2. The van der Waals surface area contributed by atoms with Crippen LogP contribution in [-0.2, 0) is 4.79 Å². The van der Waals surface area contributed by atoms with Crippen LogP contribution in [0.3, 0.4) is 0 Å². The number of amides is 1. The Bertz CT molecular complexity index is 190. The molecule has 0 atom stereocenters. The van der Waals surface area contributed by atoms with Gasteiger partial charge in [0.15, 0.2) is 0 Å². The minimum absolute atomic E-state index is 0.256. The van der Waals surface area contributed by atoms with E-state index in [9.17, 15) is 4.79 Å². The van der Waals surface area contributed by atoms with Crippen molar-refractivity contribution in [2.24, 2.45) is 5.92 Å². The molecule has 1 saturated carbocycles. The molecular weight excluding hydrogens is 188 g/mol. The number of likely N-dealkylation sites (N-methyl/N-ethyl adjacent to an activating group) is 1. The molecule has 1 aliphatic rings. The fourth-order valence-corrected chi connectivity index (χ4v) is 1.63. The highest BCUT2D eigenvalue weighted by Crippen LogP contribution is 2.27. The summed E-state index contributed by atoms with van der Waals surface area (Å²) in [6.07, 6.45) is 4.95. The van der Waals surface area contributed by atoms with Crippen LogP contribution in [0.4, 0.5) is 0 Å². The third-order valence-electron chi connectivity index (χ3n) is 2.92. The van der Waals surface area contributed by atoms with Gasteiger partial charge in [0.2, 0.25) is 5.91 Å². The Kier molecular flexibility index (Phi) is 5.69. The minimum Gasteiger partial charge on any atom is -0.342 e. The Morgan fingerprint density at radius 3 is 2.67 bits per heavy atom. The SMILES string of the molecule is CCCCN(CC)C(=O)CNCC1CC1. The van der Waals surface area contributed by atoms with Crippen LogP contribution >= 0.6 is 0 Å². The highest BCUT2D eigenvalue weighted by Gasteiger charge is 2.21. The summed E-state index contributed by atoms with van der Waals surface area (Å²) in [6.45, 7) is 7.50. The monoisotopic (exact) mass is 212 g/mol. The molecule has 0 spiro atoms. The van der Waals surface area contributed by atoms with E-state index in [1.54, 1.807) is 0 Å². The second-order valence-corrected chi connectivity index (χ2v) is 4.40. The van der Waals surface area contributed by atoms with Crippen LogP contribution in [0, 0.1) is 5.92 Å². The molecule has 0 saturated heterocycles. The zero-order valence-corrected chi connectivity index (χ0v) is 10.1. The highest BCUT2D eigenvalue weighted by molar-refractivity contribution is 5.78. The fraction of sp³-hybridized carbons (Fsp3) is 0.917. The Morgan fingerprint density at radius 2 is 2.13 bits per heavy atom. The maximum Gasteiger partial charge on any atom is 0.236 e. The molecule has 3 nitrogen and oxygen atoms in total. The van der Waals surface area contributed by atoms with E-state index in [0.717, 1.165) is 38.4 Å². The predicted octanol–water partition coefficient (Wildman–Crippen LogP) is 1.63. The first kappa shape index (κ1) is 12.5. The summed E-state index contributed by atoms with van der Waals surface area (Å²) in [5, 5.41) is 3.25. The lowest BCUT2D eigenvalue weighted by atomic mass is 10.3. The van der Waals surface area contributed by atoms with Crippen molar-refractivity contribution in [3.05, 3.63) is 0 Å². The second-order valence-electron chi connectivity index (χ2n) is 4.40. The van der Waals surface area contributed by atoms with E-state index in [-0.39, 0.29) is 5.91 Å². The third kappa shape index (κ3) is 5.17. The maximum absolute atomic E-state index is 11.7. The van der Waals surface area contributed by atoms with Crippen LogP contribution < -0.4 is 5.32 Å². The maximum atomic E-state index is 11.7. The zero-order chi connectivity index (χ0) is 11.1. The average molecular weight is 212 g/mol. The first-order valence-electron chi connectivity index (χ1n) is 6.26. The number of hydrogen-bond acceptors (Lipinski definition) is 2. The molecule has 0 heterocycles. The quantitative estimate of drug-likeness (QED) is 0.663. The summed E-state index contributed by atoms with van der Waals surface area (Å²) in [7, 11) is 0. The van der Waals surface area contributed by atoms with Crippen LogP contribution in [0.1, 0.15) is 39.5 Å². The lowest BCUT2D eigenvalue weighted by Gasteiger charge is -2.20. The first-order chi connectivity index (χ1) is 7.27. The van der Waals surface area contributed by atoms with E-state index in [4.69, 9.17) is 0 Å². The van der Waals surface area contributed by atoms with Crippen molar-refractivity contribution < 1.29 is 4.79 Å². The number of unbranched alkanes of at least 4 members (excludes halogenated alkanes) is 1. The number of carbonyl (C=O) groups is 1. The van der Waals surface area contributed by atoms with Gasteiger partial charge in [-0.15, -0.1) is 0 Å². The van der Waals surface area contributed by atoms with Gasteiger partial charge in [-0.05, 0) is 38.6 Å². The molecule has 1 N–H and O–H groups in total. The first-order valence-corrected chi connectivity index (χ1v) is 6.26. The summed E-state index contributed by atoms with van der Waals surface area (Å²) >= 11 is 0. The van der Waals surface area contributed by atoms with Crippen LogP contribution in [0.2, 0.25) is 0 Å². The summed E-state index contributed by atoms with van der Waals surface area (Å²) in [5.74, 6) is 1.11. The van der Waals surface area contributed by atoms with Gasteiger partial charge >= 0.3 is 0 Å². The van der Waals surface area contributed by atoms with Gasteiger partial charge in [-0.3, -0.25) is 4.79 Å². The van der Waals surface area contributed by atoms with E-state index in [0.29, 0.717) is 6.54 Å². The van der Waals surface area contributed by atoms with Gasteiger partial charge in [0.05, 0.1) is 6.54 Å². The molecule has 1 rings (SSSR count). The van der Waals surface area contributed by atoms with Gasteiger partial charge in [0.25, 0.3) is 0 Å². The molecule has 1 fully saturated rings. The molecule has 0 aromatic carbocycles.